The van der Waals surface area contributed by atoms with Crippen molar-refractivity contribution in [2.75, 3.05) is 12.4 Å². The van der Waals surface area contributed by atoms with Crippen LogP contribution in [0.3, 0.4) is 0 Å². The molecule has 0 saturated heterocycles. The summed E-state index contributed by atoms with van der Waals surface area (Å²) in [6.45, 7) is 4.81. The summed E-state index contributed by atoms with van der Waals surface area (Å²) < 4.78 is 5.63. The highest BCUT2D eigenvalue weighted by Crippen LogP contribution is 2.18. The van der Waals surface area contributed by atoms with Gasteiger partial charge < -0.3 is 4.74 Å². The van der Waals surface area contributed by atoms with Crippen molar-refractivity contribution in [1.29, 1.82) is 0 Å². The molecule has 2 aromatic carbocycles. The second kappa shape index (κ2) is 7.81. The molecule has 0 unspecified atom stereocenters. The van der Waals surface area contributed by atoms with Gasteiger partial charge in [-0.15, -0.1) is 11.8 Å². The Labute approximate surface area is 125 Å². The number of aryl methyl sites for hydroxylation is 2. The van der Waals surface area contributed by atoms with Crippen LogP contribution in [0.4, 0.5) is 0 Å². The average Bonchev–Trinajstić information content (AvgIpc) is 2.46. The molecule has 0 heterocycles. The van der Waals surface area contributed by atoms with Gasteiger partial charge in [0.2, 0.25) is 0 Å². The van der Waals surface area contributed by atoms with Crippen LogP contribution in [-0.4, -0.2) is 12.4 Å². The maximum Gasteiger partial charge on any atom is 0.119 e. The first-order valence-electron chi connectivity index (χ1n) is 6.78. The van der Waals surface area contributed by atoms with Gasteiger partial charge in [0.1, 0.15) is 12.4 Å². The highest BCUT2D eigenvalue weighted by atomic mass is 32.2. The third kappa shape index (κ3) is 5.14. The Kier molecular flexibility index (Phi) is 5.75. The van der Waals surface area contributed by atoms with E-state index in [0.717, 1.165) is 11.5 Å². The molecule has 0 aliphatic heterocycles. The van der Waals surface area contributed by atoms with Crippen LogP contribution in [0, 0.1) is 13.8 Å². The van der Waals surface area contributed by atoms with E-state index >= 15 is 0 Å². The minimum absolute atomic E-state index is 0.623. The molecule has 0 atom stereocenters. The van der Waals surface area contributed by atoms with Crippen LogP contribution in [0.2, 0.25) is 0 Å². The lowest BCUT2D eigenvalue weighted by Crippen LogP contribution is -1.93. The van der Waals surface area contributed by atoms with E-state index in [2.05, 4.69) is 62.4 Å². The monoisotopic (exact) mass is 284 g/mol. The molecule has 0 aromatic heterocycles. The number of rotatable bonds is 6. The van der Waals surface area contributed by atoms with Crippen LogP contribution >= 0.6 is 11.8 Å². The van der Waals surface area contributed by atoms with Crippen molar-refractivity contribution in [3.05, 3.63) is 71.8 Å². The third-order valence-electron chi connectivity index (χ3n) is 2.90. The third-order valence-corrected chi connectivity index (χ3v) is 3.87. The van der Waals surface area contributed by atoms with Crippen molar-refractivity contribution in [1.82, 2.24) is 0 Å². The Morgan fingerprint density at radius 3 is 2.10 bits per heavy atom. The number of hydrogen-bond acceptors (Lipinski definition) is 2. The normalized spacial score (nSPS) is 10.9. The highest BCUT2D eigenvalue weighted by molar-refractivity contribution is 7.99. The van der Waals surface area contributed by atoms with E-state index in [1.165, 1.54) is 16.0 Å². The summed E-state index contributed by atoms with van der Waals surface area (Å²) >= 11 is 1.83. The summed E-state index contributed by atoms with van der Waals surface area (Å²) in [6.07, 6.45) is 4.22. The zero-order chi connectivity index (χ0) is 14.2. The van der Waals surface area contributed by atoms with Crippen molar-refractivity contribution in [2.45, 2.75) is 18.7 Å². The summed E-state index contributed by atoms with van der Waals surface area (Å²) in [6, 6.07) is 16.7. The van der Waals surface area contributed by atoms with E-state index in [1.807, 2.05) is 23.9 Å². The number of ether oxygens (including phenoxy) is 1. The van der Waals surface area contributed by atoms with Crippen molar-refractivity contribution in [3.8, 4) is 5.75 Å². The first-order chi connectivity index (χ1) is 9.74. The SMILES string of the molecule is Cc1ccc(OCC=CCSc2ccc(C)cc2)cc1. The zero-order valence-electron chi connectivity index (χ0n) is 12.0. The fraction of sp³-hybridized carbons (Fsp3) is 0.222. The minimum Gasteiger partial charge on any atom is -0.490 e. The van der Waals surface area contributed by atoms with E-state index < -0.39 is 0 Å². The smallest absolute Gasteiger partial charge is 0.119 e. The Hall–Kier alpha value is -1.67. The predicted molar refractivity (Wildman–Crippen MR) is 87.7 cm³/mol. The molecule has 0 N–H and O–H groups in total. The standard InChI is InChI=1S/C18H20OS/c1-15-5-9-17(10-6-15)19-13-3-4-14-20-18-11-7-16(2)8-12-18/h3-12H,13-14H2,1-2H3. The Morgan fingerprint density at radius 2 is 1.45 bits per heavy atom. The second-order valence-corrected chi connectivity index (χ2v) is 5.81. The molecule has 2 rings (SSSR count). The molecule has 0 aliphatic rings. The largest absolute Gasteiger partial charge is 0.490 e. The fourth-order valence-corrected chi connectivity index (χ4v) is 2.45. The molecule has 1 nitrogen and oxygen atoms in total. The first kappa shape index (κ1) is 14.7. The lowest BCUT2D eigenvalue weighted by molar-refractivity contribution is 0.362. The van der Waals surface area contributed by atoms with Crippen LogP contribution in [0.1, 0.15) is 11.1 Å². The summed E-state index contributed by atoms with van der Waals surface area (Å²) in [5.41, 5.74) is 2.55. The number of benzene rings is 2. The minimum atomic E-state index is 0.623. The molecule has 104 valence electrons. The van der Waals surface area contributed by atoms with Crippen LogP contribution < -0.4 is 4.74 Å². The van der Waals surface area contributed by atoms with Gasteiger partial charge in [0.15, 0.2) is 0 Å². The van der Waals surface area contributed by atoms with Gasteiger partial charge in [-0.3, -0.25) is 0 Å². The van der Waals surface area contributed by atoms with Crippen molar-refractivity contribution in [2.24, 2.45) is 0 Å². The summed E-state index contributed by atoms with van der Waals surface area (Å²) in [5.74, 6) is 1.90. The van der Waals surface area contributed by atoms with Crippen LogP contribution in [-0.2, 0) is 0 Å². The second-order valence-electron chi connectivity index (χ2n) is 4.72. The van der Waals surface area contributed by atoms with Crippen LogP contribution in [0.5, 0.6) is 5.75 Å². The van der Waals surface area contributed by atoms with Gasteiger partial charge in [-0.25, -0.2) is 0 Å². The molecular weight excluding hydrogens is 264 g/mol. The molecule has 0 amide bonds. The van der Waals surface area contributed by atoms with E-state index in [-0.39, 0.29) is 0 Å². The maximum absolute atomic E-state index is 5.63. The molecular formula is C18H20OS. The van der Waals surface area contributed by atoms with Gasteiger partial charge in [-0.2, -0.15) is 0 Å². The lowest BCUT2D eigenvalue weighted by Gasteiger charge is -2.03. The van der Waals surface area contributed by atoms with Gasteiger partial charge in [-0.1, -0.05) is 47.5 Å². The molecule has 0 radical (unpaired) electrons. The quantitative estimate of drug-likeness (QED) is 0.543. The van der Waals surface area contributed by atoms with Gasteiger partial charge in [0.05, 0.1) is 0 Å². The number of hydrogen-bond donors (Lipinski definition) is 0. The Morgan fingerprint density at radius 1 is 0.850 bits per heavy atom. The zero-order valence-corrected chi connectivity index (χ0v) is 12.8. The Balaban J connectivity index is 1.67. The molecule has 0 bridgehead atoms. The van der Waals surface area contributed by atoms with Gasteiger partial charge in [0.25, 0.3) is 0 Å². The topological polar surface area (TPSA) is 9.23 Å². The molecule has 2 heteroatoms. The molecule has 2 aromatic rings. The molecule has 20 heavy (non-hydrogen) atoms. The summed E-state index contributed by atoms with van der Waals surface area (Å²) in [4.78, 5) is 1.31. The average molecular weight is 284 g/mol. The van der Waals surface area contributed by atoms with Gasteiger partial charge in [0, 0.05) is 10.6 Å². The maximum atomic E-state index is 5.63. The summed E-state index contributed by atoms with van der Waals surface area (Å²) in [7, 11) is 0. The molecule has 0 fully saturated rings. The van der Waals surface area contributed by atoms with Gasteiger partial charge in [-0.05, 0) is 38.1 Å². The van der Waals surface area contributed by atoms with E-state index in [9.17, 15) is 0 Å². The van der Waals surface area contributed by atoms with E-state index in [1.54, 1.807) is 0 Å². The fourth-order valence-electron chi connectivity index (χ4n) is 1.69. The van der Waals surface area contributed by atoms with Crippen LogP contribution in [0.15, 0.2) is 65.6 Å². The summed E-state index contributed by atoms with van der Waals surface area (Å²) in [5, 5.41) is 0. The number of thioether (sulfide) groups is 1. The molecule has 0 aliphatic carbocycles. The highest BCUT2D eigenvalue weighted by Gasteiger charge is 1.92. The van der Waals surface area contributed by atoms with Crippen molar-refractivity contribution in [3.63, 3.8) is 0 Å². The molecule has 0 spiro atoms. The Bertz CT molecular complexity index is 489. The van der Waals surface area contributed by atoms with Gasteiger partial charge >= 0.3 is 0 Å². The van der Waals surface area contributed by atoms with Crippen LogP contribution in [0.25, 0.3) is 0 Å². The first-order valence-corrected chi connectivity index (χ1v) is 7.76. The van der Waals surface area contributed by atoms with E-state index in [4.69, 9.17) is 4.74 Å². The lowest BCUT2D eigenvalue weighted by atomic mass is 10.2. The predicted octanol–water partition coefficient (Wildman–Crippen LogP) is 5.03. The van der Waals surface area contributed by atoms with Crippen molar-refractivity contribution >= 4 is 11.8 Å². The van der Waals surface area contributed by atoms with E-state index in [0.29, 0.717) is 6.61 Å². The molecule has 0 saturated carbocycles. The van der Waals surface area contributed by atoms with Crippen molar-refractivity contribution < 1.29 is 4.74 Å².